The highest BCUT2D eigenvalue weighted by atomic mass is 19.3. The van der Waals surface area contributed by atoms with E-state index in [0.29, 0.717) is 16.5 Å². The molecule has 0 unspecified atom stereocenters. The predicted octanol–water partition coefficient (Wildman–Crippen LogP) is 4.57. The Morgan fingerprint density at radius 1 is 1.00 bits per heavy atom. The van der Waals surface area contributed by atoms with Crippen molar-refractivity contribution in [2.45, 2.75) is 20.1 Å². The summed E-state index contributed by atoms with van der Waals surface area (Å²) in [5, 5.41) is 0.579. The van der Waals surface area contributed by atoms with Gasteiger partial charge >= 0.3 is 18.6 Å². The largest absolute Gasteiger partial charge is 0.460 e. The number of rotatable bonds is 7. The van der Waals surface area contributed by atoms with Crippen molar-refractivity contribution in [1.82, 2.24) is 0 Å². The van der Waals surface area contributed by atoms with Crippen LogP contribution in [0.5, 0.6) is 5.75 Å². The Labute approximate surface area is 158 Å². The van der Waals surface area contributed by atoms with Crippen molar-refractivity contribution in [3.05, 3.63) is 65.4 Å². The third kappa shape index (κ3) is 4.11. The molecule has 0 aliphatic carbocycles. The Hall–Kier alpha value is -3.42. The van der Waals surface area contributed by atoms with E-state index in [0.717, 1.165) is 0 Å². The Balaban J connectivity index is 1.87. The van der Waals surface area contributed by atoms with Crippen molar-refractivity contribution in [2.24, 2.45) is 0 Å². The number of alkyl halides is 2. The Kier molecular flexibility index (Phi) is 5.88. The lowest BCUT2D eigenvalue weighted by molar-refractivity contribution is -0.0505. The van der Waals surface area contributed by atoms with Gasteiger partial charge in [0.25, 0.3) is 0 Å². The highest BCUT2D eigenvalue weighted by Gasteiger charge is 2.24. The number of furan rings is 1. The van der Waals surface area contributed by atoms with Gasteiger partial charge in [-0.25, -0.2) is 9.59 Å². The first-order chi connectivity index (χ1) is 13.5. The summed E-state index contributed by atoms with van der Waals surface area (Å²) in [7, 11) is 0. The molecular formula is C20H16F2O6. The first-order valence-electron chi connectivity index (χ1n) is 8.39. The minimum Gasteiger partial charge on any atom is -0.460 e. The van der Waals surface area contributed by atoms with E-state index >= 15 is 0 Å². The molecule has 1 aromatic heterocycles. The predicted molar refractivity (Wildman–Crippen MR) is 94.4 cm³/mol. The highest BCUT2D eigenvalue weighted by molar-refractivity contribution is 5.97. The number of para-hydroxylation sites is 2. The van der Waals surface area contributed by atoms with Crippen molar-refractivity contribution < 1.29 is 37.0 Å². The summed E-state index contributed by atoms with van der Waals surface area (Å²) in [6, 6.07) is 12.3. The fraction of sp³-hybridized carbons (Fsp3) is 0.200. The Morgan fingerprint density at radius 2 is 1.71 bits per heavy atom. The smallest absolute Gasteiger partial charge is 0.387 e. The van der Waals surface area contributed by atoms with Crippen molar-refractivity contribution in [3.8, 4) is 5.75 Å². The van der Waals surface area contributed by atoms with Crippen LogP contribution >= 0.6 is 0 Å². The van der Waals surface area contributed by atoms with Crippen LogP contribution in [-0.2, 0) is 16.1 Å². The fourth-order valence-corrected chi connectivity index (χ4v) is 2.65. The second-order valence-corrected chi connectivity index (χ2v) is 5.58. The third-order valence-corrected chi connectivity index (χ3v) is 3.83. The summed E-state index contributed by atoms with van der Waals surface area (Å²) in [6.07, 6.45) is 0. The molecule has 0 aliphatic rings. The van der Waals surface area contributed by atoms with Crippen LogP contribution in [0.4, 0.5) is 8.78 Å². The summed E-state index contributed by atoms with van der Waals surface area (Å²) in [4.78, 5) is 24.6. The van der Waals surface area contributed by atoms with Crippen LogP contribution in [0.2, 0.25) is 0 Å². The zero-order valence-corrected chi connectivity index (χ0v) is 14.8. The number of fused-ring (bicyclic) bond motifs is 1. The fourth-order valence-electron chi connectivity index (χ4n) is 2.65. The second-order valence-electron chi connectivity index (χ2n) is 5.58. The van der Waals surface area contributed by atoms with Crippen molar-refractivity contribution in [1.29, 1.82) is 0 Å². The summed E-state index contributed by atoms with van der Waals surface area (Å²) in [6.45, 7) is -1.59. The minimum absolute atomic E-state index is 0.0760. The van der Waals surface area contributed by atoms with E-state index in [1.807, 2.05) is 0 Å². The van der Waals surface area contributed by atoms with Crippen LogP contribution < -0.4 is 4.74 Å². The number of hydrogen-bond acceptors (Lipinski definition) is 6. The van der Waals surface area contributed by atoms with E-state index < -0.39 is 18.6 Å². The Morgan fingerprint density at radius 3 is 2.46 bits per heavy atom. The van der Waals surface area contributed by atoms with E-state index in [9.17, 15) is 18.4 Å². The molecule has 146 valence electrons. The molecular weight excluding hydrogens is 374 g/mol. The van der Waals surface area contributed by atoms with Gasteiger partial charge in [-0.1, -0.05) is 30.3 Å². The molecule has 0 N–H and O–H groups in total. The van der Waals surface area contributed by atoms with Gasteiger partial charge in [0.05, 0.1) is 12.2 Å². The molecule has 0 atom stereocenters. The first kappa shape index (κ1) is 19.3. The Bertz CT molecular complexity index is 995. The van der Waals surface area contributed by atoms with Gasteiger partial charge in [0.2, 0.25) is 5.76 Å². The van der Waals surface area contributed by atoms with Gasteiger partial charge < -0.3 is 18.6 Å². The zero-order valence-electron chi connectivity index (χ0n) is 14.8. The van der Waals surface area contributed by atoms with Crippen LogP contribution in [0, 0.1) is 0 Å². The maximum atomic E-state index is 12.5. The molecule has 0 aliphatic heterocycles. The van der Waals surface area contributed by atoms with Gasteiger partial charge in [0, 0.05) is 5.39 Å². The van der Waals surface area contributed by atoms with Gasteiger partial charge in [0.1, 0.15) is 23.5 Å². The van der Waals surface area contributed by atoms with E-state index in [-0.39, 0.29) is 30.3 Å². The van der Waals surface area contributed by atoms with Gasteiger partial charge in [-0.3, -0.25) is 0 Å². The lowest BCUT2D eigenvalue weighted by Gasteiger charge is -2.10. The standard InChI is InChI=1S/C20H16F2O6/c1-2-25-19(24)17-14(12-7-3-5-9-15(12)27-17)11-26-18(23)13-8-4-6-10-16(13)28-20(21)22/h3-10,20H,2,11H2,1H3. The van der Waals surface area contributed by atoms with E-state index in [4.69, 9.17) is 13.9 Å². The molecule has 0 amide bonds. The highest BCUT2D eigenvalue weighted by Crippen LogP contribution is 2.28. The lowest BCUT2D eigenvalue weighted by Crippen LogP contribution is -2.12. The van der Waals surface area contributed by atoms with E-state index in [1.165, 1.54) is 24.3 Å². The molecule has 0 radical (unpaired) electrons. The average Bonchev–Trinajstić information content (AvgIpc) is 3.05. The molecule has 3 rings (SSSR count). The molecule has 0 saturated carbocycles. The first-order valence-corrected chi connectivity index (χ1v) is 8.39. The van der Waals surface area contributed by atoms with Crippen molar-refractivity contribution in [3.63, 3.8) is 0 Å². The zero-order chi connectivity index (χ0) is 20.1. The maximum absolute atomic E-state index is 12.5. The van der Waals surface area contributed by atoms with Gasteiger partial charge in [0.15, 0.2) is 0 Å². The number of ether oxygens (including phenoxy) is 3. The molecule has 2 aromatic carbocycles. The second kappa shape index (κ2) is 8.51. The normalized spacial score (nSPS) is 10.9. The molecule has 3 aromatic rings. The quantitative estimate of drug-likeness (QED) is 0.550. The van der Waals surface area contributed by atoms with Gasteiger partial charge in [-0.15, -0.1) is 0 Å². The molecule has 28 heavy (non-hydrogen) atoms. The third-order valence-electron chi connectivity index (χ3n) is 3.83. The summed E-state index contributed by atoms with van der Waals surface area (Å²) in [5.41, 5.74) is 0.598. The SMILES string of the molecule is CCOC(=O)c1oc2ccccc2c1COC(=O)c1ccccc1OC(F)F. The molecule has 6 nitrogen and oxygen atoms in total. The van der Waals surface area contributed by atoms with E-state index in [1.54, 1.807) is 31.2 Å². The van der Waals surface area contributed by atoms with Crippen molar-refractivity contribution >= 4 is 22.9 Å². The summed E-state index contributed by atoms with van der Waals surface area (Å²) >= 11 is 0. The number of hydrogen-bond donors (Lipinski definition) is 0. The number of esters is 2. The number of benzene rings is 2. The molecule has 0 bridgehead atoms. The van der Waals surface area contributed by atoms with Gasteiger partial charge in [-0.2, -0.15) is 8.78 Å². The van der Waals surface area contributed by atoms with Crippen LogP contribution in [0.1, 0.15) is 33.4 Å². The topological polar surface area (TPSA) is 75.0 Å². The maximum Gasteiger partial charge on any atom is 0.387 e. The monoisotopic (exact) mass is 390 g/mol. The van der Waals surface area contributed by atoms with Crippen LogP contribution in [0.25, 0.3) is 11.0 Å². The summed E-state index contributed by atoms with van der Waals surface area (Å²) in [5.74, 6) is -1.94. The molecule has 0 spiro atoms. The average molecular weight is 390 g/mol. The number of carbonyl (C=O) groups is 2. The number of carbonyl (C=O) groups excluding carboxylic acids is 2. The lowest BCUT2D eigenvalue weighted by atomic mass is 10.1. The van der Waals surface area contributed by atoms with Crippen LogP contribution in [0.3, 0.4) is 0 Å². The van der Waals surface area contributed by atoms with Crippen LogP contribution in [-0.4, -0.2) is 25.2 Å². The molecule has 8 heteroatoms. The van der Waals surface area contributed by atoms with E-state index in [2.05, 4.69) is 4.74 Å². The van der Waals surface area contributed by atoms with Gasteiger partial charge in [-0.05, 0) is 25.1 Å². The molecule has 0 saturated heterocycles. The molecule has 0 fully saturated rings. The summed E-state index contributed by atoms with van der Waals surface area (Å²) < 4.78 is 45.1. The number of halogens is 2. The van der Waals surface area contributed by atoms with Crippen LogP contribution in [0.15, 0.2) is 52.9 Å². The molecule has 1 heterocycles. The minimum atomic E-state index is -3.08. The van der Waals surface area contributed by atoms with Crippen molar-refractivity contribution in [2.75, 3.05) is 6.61 Å².